The summed E-state index contributed by atoms with van der Waals surface area (Å²) in [4.78, 5) is 25.5. The molecule has 0 fully saturated rings. The Hall–Kier alpha value is -2.42. The Balaban J connectivity index is 1.88. The van der Waals surface area contributed by atoms with E-state index in [-0.39, 0.29) is 22.8 Å². The monoisotopic (exact) mass is 482 g/mol. The van der Waals surface area contributed by atoms with Gasteiger partial charge < -0.3 is 0 Å². The minimum absolute atomic E-state index is 0.105. The summed E-state index contributed by atoms with van der Waals surface area (Å²) in [6.07, 6.45) is 2.86. The van der Waals surface area contributed by atoms with Crippen LogP contribution in [-0.2, 0) is 6.54 Å². The zero-order chi connectivity index (χ0) is 20.0. The quantitative estimate of drug-likeness (QED) is 0.444. The normalized spacial score (nSPS) is 11.3. The standard InChI is InChI=1S/C18H10BrCl2FN4O2/c19-15-12(21)4-2-6-14(15)24-7-8-25-16(17(24)27)23-26(18(25)28)9-10-11(20)3-1-5-13(10)22/h1-8H,9H2. The van der Waals surface area contributed by atoms with Gasteiger partial charge in [-0.2, -0.15) is 0 Å². The molecule has 0 aliphatic rings. The van der Waals surface area contributed by atoms with Crippen molar-refractivity contribution in [3.8, 4) is 5.69 Å². The lowest BCUT2D eigenvalue weighted by Crippen LogP contribution is -2.24. The topological polar surface area (TPSA) is 61.3 Å². The van der Waals surface area contributed by atoms with Gasteiger partial charge in [0.1, 0.15) is 5.82 Å². The van der Waals surface area contributed by atoms with Gasteiger partial charge in [0.05, 0.1) is 21.7 Å². The predicted molar refractivity (Wildman–Crippen MR) is 108 cm³/mol. The van der Waals surface area contributed by atoms with E-state index >= 15 is 0 Å². The summed E-state index contributed by atoms with van der Waals surface area (Å²) >= 11 is 15.5. The van der Waals surface area contributed by atoms with Crippen molar-refractivity contribution in [1.29, 1.82) is 0 Å². The first-order chi connectivity index (χ1) is 13.4. The van der Waals surface area contributed by atoms with Crippen molar-refractivity contribution < 1.29 is 4.39 Å². The first kappa shape index (κ1) is 18.9. The van der Waals surface area contributed by atoms with Crippen molar-refractivity contribution in [2.75, 3.05) is 0 Å². The van der Waals surface area contributed by atoms with E-state index in [0.29, 0.717) is 15.2 Å². The van der Waals surface area contributed by atoms with Gasteiger partial charge in [0.25, 0.3) is 0 Å². The molecule has 0 unspecified atom stereocenters. The minimum atomic E-state index is -0.580. The molecular formula is C18H10BrCl2FN4O2. The zero-order valence-corrected chi connectivity index (χ0v) is 17.0. The van der Waals surface area contributed by atoms with Crippen LogP contribution in [0.4, 0.5) is 4.39 Å². The van der Waals surface area contributed by atoms with E-state index in [4.69, 9.17) is 23.2 Å². The highest BCUT2D eigenvalue weighted by Gasteiger charge is 2.17. The summed E-state index contributed by atoms with van der Waals surface area (Å²) in [6.45, 7) is -0.202. The average Bonchev–Trinajstić information content (AvgIpc) is 2.98. The third kappa shape index (κ3) is 3.07. The van der Waals surface area contributed by atoms with Crippen molar-refractivity contribution in [2.45, 2.75) is 6.54 Å². The third-order valence-corrected chi connectivity index (χ3v) is 5.94. The number of rotatable bonds is 3. The van der Waals surface area contributed by atoms with Crippen LogP contribution in [0.5, 0.6) is 0 Å². The van der Waals surface area contributed by atoms with Crippen LogP contribution < -0.4 is 11.2 Å². The van der Waals surface area contributed by atoms with E-state index in [2.05, 4.69) is 21.0 Å². The molecule has 6 nitrogen and oxygen atoms in total. The van der Waals surface area contributed by atoms with Gasteiger partial charge in [0.15, 0.2) is 0 Å². The number of hydrogen-bond donors (Lipinski definition) is 0. The highest BCUT2D eigenvalue weighted by atomic mass is 79.9. The van der Waals surface area contributed by atoms with Crippen LogP contribution in [0.25, 0.3) is 11.3 Å². The number of aromatic nitrogens is 4. The number of nitrogens with zero attached hydrogens (tertiary/aromatic N) is 4. The number of fused-ring (bicyclic) bond motifs is 1. The minimum Gasteiger partial charge on any atom is -0.278 e. The molecule has 2 aromatic carbocycles. The second-order valence-electron chi connectivity index (χ2n) is 5.88. The lowest BCUT2D eigenvalue weighted by molar-refractivity contribution is 0.578. The summed E-state index contributed by atoms with van der Waals surface area (Å²) in [7, 11) is 0. The molecule has 0 aliphatic heterocycles. The molecule has 4 rings (SSSR count). The van der Waals surface area contributed by atoms with Crippen LogP contribution in [0.1, 0.15) is 5.56 Å². The van der Waals surface area contributed by atoms with Gasteiger partial charge in [0, 0.05) is 23.0 Å². The number of hydrogen-bond acceptors (Lipinski definition) is 3. The van der Waals surface area contributed by atoms with Crippen molar-refractivity contribution in [1.82, 2.24) is 18.7 Å². The van der Waals surface area contributed by atoms with Gasteiger partial charge in [-0.3, -0.25) is 9.36 Å². The van der Waals surface area contributed by atoms with E-state index in [0.717, 1.165) is 9.08 Å². The molecule has 4 aromatic rings. The third-order valence-electron chi connectivity index (χ3n) is 4.21. The smallest absolute Gasteiger partial charge is 0.278 e. The highest BCUT2D eigenvalue weighted by Crippen LogP contribution is 2.28. The molecule has 0 saturated carbocycles. The van der Waals surface area contributed by atoms with Crippen molar-refractivity contribution in [3.63, 3.8) is 0 Å². The Morgan fingerprint density at radius 2 is 1.75 bits per heavy atom. The molecule has 0 N–H and O–H groups in total. The molecule has 2 aromatic heterocycles. The molecule has 0 saturated heterocycles. The van der Waals surface area contributed by atoms with Crippen LogP contribution in [0, 0.1) is 5.82 Å². The maximum absolute atomic E-state index is 14.1. The van der Waals surface area contributed by atoms with Crippen molar-refractivity contribution in [2.24, 2.45) is 0 Å². The molecule has 2 heterocycles. The maximum Gasteiger partial charge on any atom is 0.350 e. The molecule has 0 bridgehead atoms. The lowest BCUT2D eigenvalue weighted by atomic mass is 10.2. The van der Waals surface area contributed by atoms with Gasteiger partial charge in [-0.15, -0.1) is 5.10 Å². The van der Waals surface area contributed by atoms with Crippen molar-refractivity contribution >= 4 is 44.8 Å². The molecular weight excluding hydrogens is 474 g/mol. The summed E-state index contributed by atoms with van der Waals surface area (Å²) in [6, 6.07) is 9.30. The van der Waals surface area contributed by atoms with Crippen LogP contribution in [0.15, 0.2) is 62.9 Å². The summed E-state index contributed by atoms with van der Waals surface area (Å²) < 4.78 is 18.0. The molecule has 0 amide bonds. The van der Waals surface area contributed by atoms with Crippen LogP contribution in [0.2, 0.25) is 10.0 Å². The lowest BCUT2D eigenvalue weighted by Gasteiger charge is -2.08. The largest absolute Gasteiger partial charge is 0.350 e. The summed E-state index contributed by atoms with van der Waals surface area (Å²) in [5, 5.41) is 4.69. The SMILES string of the molecule is O=c1c2nn(Cc3c(F)cccc3Cl)c(=O)n2ccn1-c1cccc(Cl)c1Br. The Bertz CT molecular complexity index is 1330. The first-order valence-corrected chi connectivity index (χ1v) is 9.51. The second kappa shape index (κ2) is 7.20. The fraction of sp³-hybridized carbons (Fsp3) is 0.0556. The van der Waals surface area contributed by atoms with Crippen LogP contribution in [0.3, 0.4) is 0 Å². The van der Waals surface area contributed by atoms with E-state index in [1.807, 2.05) is 0 Å². The van der Waals surface area contributed by atoms with Gasteiger partial charge in [0.2, 0.25) is 5.65 Å². The Morgan fingerprint density at radius 1 is 1.04 bits per heavy atom. The number of halogens is 4. The molecule has 0 atom stereocenters. The molecule has 0 radical (unpaired) electrons. The first-order valence-electron chi connectivity index (χ1n) is 7.96. The Labute approximate surface area is 175 Å². The Morgan fingerprint density at radius 3 is 2.50 bits per heavy atom. The molecule has 142 valence electrons. The van der Waals surface area contributed by atoms with Crippen molar-refractivity contribution in [3.05, 3.63) is 95.5 Å². The molecule has 0 aliphatic carbocycles. The van der Waals surface area contributed by atoms with Gasteiger partial charge >= 0.3 is 11.2 Å². The number of benzene rings is 2. The average molecular weight is 484 g/mol. The van der Waals surface area contributed by atoms with E-state index in [9.17, 15) is 14.0 Å². The van der Waals surface area contributed by atoms with Gasteiger partial charge in [-0.25, -0.2) is 18.3 Å². The predicted octanol–water partition coefficient (Wildman–Crippen LogP) is 3.90. The summed E-state index contributed by atoms with van der Waals surface area (Å²) in [5.74, 6) is -0.559. The second-order valence-corrected chi connectivity index (χ2v) is 7.49. The van der Waals surface area contributed by atoms with E-state index in [1.54, 1.807) is 18.2 Å². The van der Waals surface area contributed by atoms with E-state index < -0.39 is 17.1 Å². The fourth-order valence-electron chi connectivity index (χ4n) is 2.81. The van der Waals surface area contributed by atoms with E-state index in [1.165, 1.54) is 35.2 Å². The maximum atomic E-state index is 14.1. The van der Waals surface area contributed by atoms with Gasteiger partial charge in [-0.05, 0) is 40.2 Å². The zero-order valence-electron chi connectivity index (χ0n) is 13.9. The van der Waals surface area contributed by atoms with Crippen LogP contribution in [-0.4, -0.2) is 18.7 Å². The van der Waals surface area contributed by atoms with Crippen LogP contribution >= 0.6 is 39.1 Å². The molecule has 28 heavy (non-hydrogen) atoms. The highest BCUT2D eigenvalue weighted by molar-refractivity contribution is 9.10. The fourth-order valence-corrected chi connectivity index (χ4v) is 3.66. The molecule has 10 heteroatoms. The molecule has 0 spiro atoms. The summed E-state index contributed by atoms with van der Waals surface area (Å²) in [5.41, 5.74) is -0.594. The Kier molecular flexibility index (Phi) is 4.86. The van der Waals surface area contributed by atoms with Gasteiger partial charge in [-0.1, -0.05) is 35.3 Å².